The molecule has 4 rings (SSSR count). The summed E-state index contributed by atoms with van der Waals surface area (Å²) < 4.78 is 16.5. The number of aryl methyl sites for hydroxylation is 1. The number of carbonyl (C=O) groups is 1. The van der Waals surface area contributed by atoms with Crippen molar-refractivity contribution in [1.29, 1.82) is 5.26 Å². The summed E-state index contributed by atoms with van der Waals surface area (Å²) in [6.45, 7) is 2.56. The van der Waals surface area contributed by atoms with Crippen molar-refractivity contribution in [2.75, 3.05) is 38.8 Å². The molecule has 2 aliphatic heterocycles. The fourth-order valence-electron chi connectivity index (χ4n) is 4.42. The van der Waals surface area contributed by atoms with E-state index in [0.717, 1.165) is 22.7 Å². The smallest absolute Gasteiger partial charge is 0.229 e. The summed E-state index contributed by atoms with van der Waals surface area (Å²) in [5, 5.41) is 10.9. The molecule has 0 bridgehead atoms. The normalized spacial score (nSPS) is 18.0. The molecule has 0 radical (unpaired) electrons. The molecule has 0 saturated carbocycles. The number of methoxy groups -OCH3 is 3. The minimum absolute atomic E-state index is 0.0167. The molecule has 0 aliphatic carbocycles. The van der Waals surface area contributed by atoms with Gasteiger partial charge in [0.25, 0.3) is 0 Å². The Labute approximate surface area is 198 Å². The van der Waals surface area contributed by atoms with Crippen LogP contribution in [0.15, 0.2) is 47.0 Å². The molecule has 1 saturated heterocycles. The van der Waals surface area contributed by atoms with E-state index < -0.39 is 5.92 Å². The number of benzene rings is 2. The Kier molecular flexibility index (Phi) is 6.70. The van der Waals surface area contributed by atoms with Crippen LogP contribution in [-0.4, -0.2) is 44.7 Å². The van der Waals surface area contributed by atoms with Crippen LogP contribution in [0.5, 0.6) is 17.2 Å². The van der Waals surface area contributed by atoms with Crippen LogP contribution < -0.4 is 19.1 Å². The van der Waals surface area contributed by atoms with Gasteiger partial charge in [0, 0.05) is 29.7 Å². The first kappa shape index (κ1) is 22.9. The van der Waals surface area contributed by atoms with E-state index in [4.69, 9.17) is 14.2 Å². The van der Waals surface area contributed by atoms with Crippen molar-refractivity contribution in [1.82, 2.24) is 4.90 Å². The van der Waals surface area contributed by atoms with E-state index in [1.807, 2.05) is 12.1 Å². The second kappa shape index (κ2) is 9.67. The molecule has 1 atom stereocenters. The summed E-state index contributed by atoms with van der Waals surface area (Å²) in [6, 6.07) is 14.2. The van der Waals surface area contributed by atoms with Crippen LogP contribution in [0.25, 0.3) is 0 Å². The fraction of sp³-hybridized carbons (Fsp3) is 0.360. The van der Waals surface area contributed by atoms with E-state index in [1.54, 1.807) is 38.4 Å². The van der Waals surface area contributed by atoms with Crippen LogP contribution in [0.3, 0.4) is 0 Å². The number of anilines is 1. The van der Waals surface area contributed by atoms with Crippen molar-refractivity contribution in [3.8, 4) is 23.3 Å². The number of carbonyl (C=O) groups excluding carboxylic acids is 1. The zero-order valence-electron chi connectivity index (χ0n) is 19.3. The van der Waals surface area contributed by atoms with E-state index in [2.05, 4.69) is 30.0 Å². The molecule has 0 unspecified atom stereocenters. The summed E-state index contributed by atoms with van der Waals surface area (Å²) in [5.41, 5.74) is 3.69. The molecule has 1 amide bonds. The Balaban J connectivity index is 1.73. The molecule has 2 aromatic rings. The lowest BCUT2D eigenvalue weighted by Gasteiger charge is -2.42. The predicted molar refractivity (Wildman–Crippen MR) is 129 cm³/mol. The quantitative estimate of drug-likeness (QED) is 0.622. The lowest BCUT2D eigenvalue weighted by Crippen LogP contribution is -2.47. The molecule has 2 aromatic carbocycles. The molecule has 8 heteroatoms. The molecular formula is C25H27N3O4S. The number of amides is 1. The second-order valence-corrected chi connectivity index (χ2v) is 8.73. The predicted octanol–water partition coefficient (Wildman–Crippen LogP) is 4.49. The SMILES string of the molecule is CCc1ccccc1N1CSC2=C(C#N)[C@H](c3cc(OC)c(OC)cc3OC)CC(=O)N2C1. The maximum absolute atomic E-state index is 13.3. The third-order valence-corrected chi connectivity index (χ3v) is 7.27. The zero-order chi connectivity index (χ0) is 23.5. The van der Waals surface area contributed by atoms with Gasteiger partial charge in [0.15, 0.2) is 11.5 Å². The van der Waals surface area contributed by atoms with Crippen LogP contribution in [-0.2, 0) is 11.2 Å². The van der Waals surface area contributed by atoms with E-state index in [-0.39, 0.29) is 12.3 Å². The molecular weight excluding hydrogens is 438 g/mol. The number of rotatable bonds is 6. The van der Waals surface area contributed by atoms with Gasteiger partial charge in [0.1, 0.15) is 5.75 Å². The van der Waals surface area contributed by atoms with Crippen LogP contribution >= 0.6 is 11.8 Å². The van der Waals surface area contributed by atoms with E-state index >= 15 is 0 Å². The zero-order valence-corrected chi connectivity index (χ0v) is 20.1. The monoisotopic (exact) mass is 465 g/mol. The van der Waals surface area contributed by atoms with Gasteiger partial charge >= 0.3 is 0 Å². The fourth-order valence-corrected chi connectivity index (χ4v) is 5.58. The topological polar surface area (TPSA) is 75.0 Å². The third-order valence-electron chi connectivity index (χ3n) is 6.12. The largest absolute Gasteiger partial charge is 0.496 e. The molecule has 2 aliphatic rings. The van der Waals surface area contributed by atoms with Gasteiger partial charge < -0.3 is 19.1 Å². The summed E-state index contributed by atoms with van der Waals surface area (Å²) in [5.74, 6) is 1.86. The molecule has 1 fully saturated rings. The molecule has 7 nitrogen and oxygen atoms in total. The van der Waals surface area contributed by atoms with Crippen molar-refractivity contribution in [2.24, 2.45) is 0 Å². The van der Waals surface area contributed by atoms with Gasteiger partial charge in [-0.25, -0.2) is 0 Å². The van der Waals surface area contributed by atoms with Gasteiger partial charge in [-0.3, -0.25) is 9.69 Å². The number of para-hydroxylation sites is 1. The van der Waals surface area contributed by atoms with Crippen LogP contribution in [0.1, 0.15) is 30.4 Å². The Morgan fingerprint density at radius 1 is 1.09 bits per heavy atom. The van der Waals surface area contributed by atoms with Crippen molar-refractivity contribution < 1.29 is 19.0 Å². The van der Waals surface area contributed by atoms with Crippen LogP contribution in [0.2, 0.25) is 0 Å². The Morgan fingerprint density at radius 3 is 2.45 bits per heavy atom. The summed E-state index contributed by atoms with van der Waals surface area (Å²) in [4.78, 5) is 17.3. The van der Waals surface area contributed by atoms with Crippen molar-refractivity contribution >= 4 is 23.4 Å². The van der Waals surface area contributed by atoms with Crippen molar-refractivity contribution in [3.63, 3.8) is 0 Å². The summed E-state index contributed by atoms with van der Waals surface area (Å²) in [6.07, 6.45) is 1.10. The lowest BCUT2D eigenvalue weighted by atomic mass is 9.85. The van der Waals surface area contributed by atoms with E-state index in [9.17, 15) is 10.1 Å². The average molecular weight is 466 g/mol. The van der Waals surface area contributed by atoms with Crippen LogP contribution in [0, 0.1) is 11.3 Å². The third kappa shape index (κ3) is 4.09. The minimum atomic E-state index is -0.412. The molecule has 0 N–H and O–H groups in total. The van der Waals surface area contributed by atoms with Gasteiger partial charge in [0.2, 0.25) is 5.91 Å². The first-order valence-electron chi connectivity index (χ1n) is 10.8. The molecule has 0 spiro atoms. The van der Waals surface area contributed by atoms with E-state index in [1.165, 1.54) is 17.3 Å². The number of hydrogen-bond donors (Lipinski definition) is 0. The Hall–Kier alpha value is -3.31. The summed E-state index contributed by atoms with van der Waals surface area (Å²) >= 11 is 1.53. The molecule has 33 heavy (non-hydrogen) atoms. The second-order valence-electron chi connectivity index (χ2n) is 7.80. The van der Waals surface area contributed by atoms with Crippen molar-refractivity contribution in [3.05, 3.63) is 58.1 Å². The first-order valence-corrected chi connectivity index (χ1v) is 11.7. The maximum atomic E-state index is 13.3. The summed E-state index contributed by atoms with van der Waals surface area (Å²) in [7, 11) is 4.69. The maximum Gasteiger partial charge on any atom is 0.229 e. The Bertz CT molecular complexity index is 1140. The number of nitriles is 1. The van der Waals surface area contributed by atoms with Gasteiger partial charge in [-0.15, -0.1) is 0 Å². The molecule has 0 aromatic heterocycles. The highest BCUT2D eigenvalue weighted by atomic mass is 32.2. The standard InChI is InChI=1S/C25H27N3O4S/c1-5-16-8-6-7-9-20(16)27-14-28-24(29)11-17(19(13-26)25(28)33-15-27)18-10-22(31-3)23(32-4)12-21(18)30-2/h6-10,12,17H,5,11,14-15H2,1-4H3/t17-/m0/s1. The highest BCUT2D eigenvalue weighted by Crippen LogP contribution is 2.47. The van der Waals surface area contributed by atoms with Gasteiger partial charge in [-0.2, -0.15) is 5.26 Å². The van der Waals surface area contributed by atoms with Crippen molar-refractivity contribution in [2.45, 2.75) is 25.7 Å². The number of allylic oxidation sites excluding steroid dienone is 1. The van der Waals surface area contributed by atoms with Gasteiger partial charge in [-0.1, -0.05) is 36.9 Å². The number of hydrogen-bond acceptors (Lipinski definition) is 7. The van der Waals surface area contributed by atoms with Gasteiger partial charge in [0.05, 0.1) is 50.5 Å². The highest BCUT2D eigenvalue weighted by Gasteiger charge is 2.40. The number of nitrogens with zero attached hydrogens (tertiary/aromatic N) is 3. The lowest BCUT2D eigenvalue weighted by molar-refractivity contribution is -0.129. The number of ether oxygens (including phenoxy) is 3. The molecule has 2 heterocycles. The van der Waals surface area contributed by atoms with E-state index in [0.29, 0.717) is 35.4 Å². The van der Waals surface area contributed by atoms with Crippen LogP contribution in [0.4, 0.5) is 5.69 Å². The van der Waals surface area contributed by atoms with Gasteiger partial charge in [-0.05, 0) is 24.1 Å². The minimum Gasteiger partial charge on any atom is -0.496 e. The highest BCUT2D eigenvalue weighted by molar-refractivity contribution is 8.03. The average Bonchev–Trinajstić information content (AvgIpc) is 2.87. The Morgan fingerprint density at radius 2 is 1.79 bits per heavy atom. The molecule has 172 valence electrons. The number of fused-ring (bicyclic) bond motifs is 1. The first-order chi connectivity index (χ1) is 16.1. The number of thioether (sulfide) groups is 1.